The van der Waals surface area contributed by atoms with Crippen molar-refractivity contribution < 1.29 is 19.0 Å². The lowest BCUT2D eigenvalue weighted by Crippen LogP contribution is -2.34. The lowest BCUT2D eigenvalue weighted by molar-refractivity contribution is 0.0977. The molecule has 0 heterocycles. The molecule has 0 aliphatic rings. The van der Waals surface area contributed by atoms with Gasteiger partial charge in [-0.1, -0.05) is 26.0 Å². The molecule has 29 heavy (non-hydrogen) atoms. The second kappa shape index (κ2) is 12.0. The molecular weight excluding hydrogens is 388 g/mol. The molecule has 0 bridgehead atoms. The van der Waals surface area contributed by atoms with Crippen LogP contribution in [0.25, 0.3) is 0 Å². The fraction of sp³-hybridized carbons (Fsp3) is 0.364. The smallest absolute Gasteiger partial charge is 0.257 e. The molecule has 156 valence electrons. The van der Waals surface area contributed by atoms with Gasteiger partial charge in [-0.15, -0.1) is 0 Å². The van der Waals surface area contributed by atoms with Crippen LogP contribution in [0.4, 0.5) is 5.69 Å². The summed E-state index contributed by atoms with van der Waals surface area (Å²) in [5.74, 6) is 1.45. The predicted octanol–water partition coefficient (Wildman–Crippen LogP) is 4.26. The maximum absolute atomic E-state index is 12.5. The van der Waals surface area contributed by atoms with Gasteiger partial charge in [0.2, 0.25) is 0 Å². The van der Waals surface area contributed by atoms with Gasteiger partial charge in [0, 0.05) is 23.9 Å². The zero-order valence-electron chi connectivity index (χ0n) is 17.1. The number of thiocarbonyl (C=S) groups is 1. The summed E-state index contributed by atoms with van der Waals surface area (Å²) in [6.45, 7) is 8.32. The minimum absolute atomic E-state index is 0.204. The van der Waals surface area contributed by atoms with Crippen molar-refractivity contribution in [3.63, 3.8) is 0 Å². The second-order valence-corrected chi connectivity index (χ2v) is 7.12. The molecule has 2 rings (SSSR count). The van der Waals surface area contributed by atoms with E-state index >= 15 is 0 Å². The Hall–Kier alpha value is -2.64. The molecule has 2 aromatic carbocycles. The molecule has 1 amide bonds. The topological polar surface area (TPSA) is 68.8 Å². The van der Waals surface area contributed by atoms with Gasteiger partial charge in [-0.2, -0.15) is 0 Å². The summed E-state index contributed by atoms with van der Waals surface area (Å²) in [6.07, 6.45) is 0. The Balaban J connectivity index is 1.88. The highest BCUT2D eigenvalue weighted by atomic mass is 32.1. The fourth-order valence-electron chi connectivity index (χ4n) is 2.35. The van der Waals surface area contributed by atoms with E-state index in [4.69, 9.17) is 26.4 Å². The first-order valence-corrected chi connectivity index (χ1v) is 10.0. The summed E-state index contributed by atoms with van der Waals surface area (Å²) in [5.41, 5.74) is 1.20. The van der Waals surface area contributed by atoms with E-state index in [9.17, 15) is 4.79 Å². The number of hydrogen-bond acceptors (Lipinski definition) is 5. The van der Waals surface area contributed by atoms with Crippen molar-refractivity contribution in [2.75, 3.05) is 31.7 Å². The SMILES string of the molecule is CCOCCOc1cccc(NC(=S)NC(=O)c2cccc(OCC(C)C)c2)c1. The minimum Gasteiger partial charge on any atom is -0.493 e. The molecule has 0 aliphatic heterocycles. The molecule has 0 aliphatic carbocycles. The Morgan fingerprint density at radius 1 is 1.03 bits per heavy atom. The van der Waals surface area contributed by atoms with Gasteiger partial charge in [0.15, 0.2) is 5.11 Å². The Labute approximate surface area is 177 Å². The first-order chi connectivity index (χ1) is 14.0. The molecule has 0 fully saturated rings. The number of carbonyl (C=O) groups is 1. The molecule has 7 heteroatoms. The second-order valence-electron chi connectivity index (χ2n) is 6.71. The van der Waals surface area contributed by atoms with Crippen LogP contribution in [0, 0.1) is 5.92 Å². The van der Waals surface area contributed by atoms with Crippen molar-refractivity contribution in [1.29, 1.82) is 0 Å². The summed E-state index contributed by atoms with van der Waals surface area (Å²) in [7, 11) is 0. The lowest BCUT2D eigenvalue weighted by Gasteiger charge is -2.12. The quantitative estimate of drug-likeness (QED) is 0.445. The highest BCUT2D eigenvalue weighted by molar-refractivity contribution is 7.80. The molecule has 0 radical (unpaired) electrons. The van der Waals surface area contributed by atoms with Gasteiger partial charge in [0.05, 0.1) is 13.2 Å². The van der Waals surface area contributed by atoms with Crippen LogP contribution < -0.4 is 20.1 Å². The summed E-state index contributed by atoms with van der Waals surface area (Å²) < 4.78 is 16.5. The van der Waals surface area contributed by atoms with Crippen LogP contribution in [-0.4, -0.2) is 37.4 Å². The number of anilines is 1. The van der Waals surface area contributed by atoms with E-state index in [1.807, 2.05) is 37.3 Å². The van der Waals surface area contributed by atoms with E-state index in [-0.39, 0.29) is 11.0 Å². The lowest BCUT2D eigenvalue weighted by atomic mass is 10.2. The van der Waals surface area contributed by atoms with Crippen molar-refractivity contribution in [2.45, 2.75) is 20.8 Å². The summed E-state index contributed by atoms with van der Waals surface area (Å²) in [6, 6.07) is 14.4. The van der Waals surface area contributed by atoms with Crippen molar-refractivity contribution in [3.8, 4) is 11.5 Å². The molecule has 0 unspecified atom stereocenters. The molecule has 0 atom stereocenters. The number of carbonyl (C=O) groups excluding carboxylic acids is 1. The van der Waals surface area contributed by atoms with Gasteiger partial charge in [-0.05, 0) is 55.4 Å². The van der Waals surface area contributed by atoms with E-state index in [1.165, 1.54) is 0 Å². The van der Waals surface area contributed by atoms with Crippen LogP contribution in [-0.2, 0) is 4.74 Å². The first-order valence-electron chi connectivity index (χ1n) is 9.63. The minimum atomic E-state index is -0.304. The Morgan fingerprint density at radius 3 is 2.48 bits per heavy atom. The largest absolute Gasteiger partial charge is 0.493 e. The number of nitrogens with one attached hydrogen (secondary N) is 2. The first kappa shape index (κ1) is 22.6. The molecule has 0 aromatic heterocycles. The summed E-state index contributed by atoms with van der Waals surface area (Å²) in [4.78, 5) is 12.5. The van der Waals surface area contributed by atoms with Gasteiger partial charge in [0.1, 0.15) is 18.1 Å². The molecule has 0 saturated carbocycles. The Morgan fingerprint density at radius 2 is 1.76 bits per heavy atom. The fourth-order valence-corrected chi connectivity index (χ4v) is 2.56. The number of hydrogen-bond donors (Lipinski definition) is 2. The number of amides is 1. The van der Waals surface area contributed by atoms with Gasteiger partial charge in [-0.25, -0.2) is 0 Å². The van der Waals surface area contributed by atoms with Crippen molar-refractivity contribution in [2.24, 2.45) is 5.92 Å². The highest BCUT2D eigenvalue weighted by Gasteiger charge is 2.10. The van der Waals surface area contributed by atoms with E-state index in [1.54, 1.807) is 18.2 Å². The maximum Gasteiger partial charge on any atom is 0.257 e. The van der Waals surface area contributed by atoms with Crippen LogP contribution in [0.15, 0.2) is 48.5 Å². The van der Waals surface area contributed by atoms with Crippen LogP contribution in [0.1, 0.15) is 31.1 Å². The maximum atomic E-state index is 12.5. The molecule has 2 aromatic rings. The Kier molecular flexibility index (Phi) is 9.40. The monoisotopic (exact) mass is 416 g/mol. The van der Waals surface area contributed by atoms with Crippen LogP contribution in [0.5, 0.6) is 11.5 Å². The van der Waals surface area contributed by atoms with Crippen LogP contribution >= 0.6 is 12.2 Å². The third-order valence-electron chi connectivity index (χ3n) is 3.70. The van der Waals surface area contributed by atoms with Crippen LogP contribution in [0.2, 0.25) is 0 Å². The van der Waals surface area contributed by atoms with Crippen LogP contribution in [0.3, 0.4) is 0 Å². The van der Waals surface area contributed by atoms with Crippen molar-refractivity contribution >= 4 is 28.9 Å². The van der Waals surface area contributed by atoms with Gasteiger partial charge in [-0.3, -0.25) is 10.1 Å². The number of ether oxygens (including phenoxy) is 3. The predicted molar refractivity (Wildman–Crippen MR) is 119 cm³/mol. The van der Waals surface area contributed by atoms with Gasteiger partial charge < -0.3 is 19.5 Å². The third-order valence-corrected chi connectivity index (χ3v) is 3.90. The molecule has 0 spiro atoms. The van der Waals surface area contributed by atoms with Crippen molar-refractivity contribution in [1.82, 2.24) is 5.32 Å². The average Bonchev–Trinajstić information content (AvgIpc) is 2.70. The number of benzene rings is 2. The van der Waals surface area contributed by atoms with Gasteiger partial charge in [0.25, 0.3) is 5.91 Å². The number of rotatable bonds is 10. The molecular formula is C22H28N2O4S. The van der Waals surface area contributed by atoms with E-state index in [0.717, 1.165) is 5.69 Å². The van der Waals surface area contributed by atoms with Crippen molar-refractivity contribution in [3.05, 3.63) is 54.1 Å². The van der Waals surface area contributed by atoms with E-state index in [2.05, 4.69) is 24.5 Å². The molecule has 2 N–H and O–H groups in total. The highest BCUT2D eigenvalue weighted by Crippen LogP contribution is 2.18. The zero-order chi connectivity index (χ0) is 21.1. The molecule has 6 nitrogen and oxygen atoms in total. The van der Waals surface area contributed by atoms with E-state index < -0.39 is 0 Å². The summed E-state index contributed by atoms with van der Waals surface area (Å²) in [5, 5.41) is 5.88. The third kappa shape index (κ3) is 8.50. The summed E-state index contributed by atoms with van der Waals surface area (Å²) >= 11 is 5.26. The van der Waals surface area contributed by atoms with Gasteiger partial charge >= 0.3 is 0 Å². The van der Waals surface area contributed by atoms with E-state index in [0.29, 0.717) is 49.4 Å². The zero-order valence-corrected chi connectivity index (χ0v) is 17.9. The standard InChI is InChI=1S/C22H28N2O4S/c1-4-26-11-12-27-20-10-6-8-18(14-20)23-22(29)24-21(25)17-7-5-9-19(13-17)28-15-16(2)3/h5-10,13-14,16H,4,11-12,15H2,1-3H3,(H2,23,24,25,29). The average molecular weight is 417 g/mol. The normalized spacial score (nSPS) is 10.5. The Bertz CT molecular complexity index is 811. The molecule has 0 saturated heterocycles.